The average molecular weight is 1520 g/mol. The quantitative estimate of drug-likeness (QED) is 0.131. The number of nitrogens with zero attached hydrogens (tertiary/aromatic N) is 8. The Morgan fingerprint density at radius 3 is 1.05 bits per heavy atom. The summed E-state index contributed by atoms with van der Waals surface area (Å²) in [4.78, 5) is 82.1. The van der Waals surface area contributed by atoms with Crippen molar-refractivity contribution in [3.8, 4) is 0 Å². The zero-order valence-corrected chi connectivity index (χ0v) is 66.1. The van der Waals surface area contributed by atoms with Crippen molar-refractivity contribution in [2.75, 3.05) is 44.6 Å². The summed E-state index contributed by atoms with van der Waals surface area (Å²) in [5.74, 6) is 17.9. The highest BCUT2D eigenvalue weighted by molar-refractivity contribution is 9.09. The van der Waals surface area contributed by atoms with Gasteiger partial charge in [0.1, 0.15) is 5.78 Å². The van der Waals surface area contributed by atoms with Crippen LogP contribution < -0.4 is 0 Å². The summed E-state index contributed by atoms with van der Waals surface area (Å²) in [6, 6.07) is 0. The highest BCUT2D eigenvalue weighted by atomic mass is 79.9. The maximum atomic E-state index is 13.8. The smallest absolute Gasteiger partial charge is 0.257 e. The van der Waals surface area contributed by atoms with Gasteiger partial charge in [-0.25, -0.2) is 0 Å². The first-order chi connectivity index (χ1) is 50.7. The molecule has 19 heteroatoms. The number of likely N-dealkylation sites (tertiary alicyclic amines) is 3. The number of hydrogen-bond acceptors (Lipinski definition) is 12. The Morgan fingerprint density at radius 1 is 0.406 bits per heavy atom. The van der Waals surface area contributed by atoms with Gasteiger partial charge in [0.15, 0.2) is 11.6 Å². The summed E-state index contributed by atoms with van der Waals surface area (Å²) >= 11 is 3.46. The Bertz CT molecular complexity index is 3690. The van der Waals surface area contributed by atoms with Crippen molar-refractivity contribution in [1.82, 2.24) is 44.5 Å². The number of carbonyl (C=O) groups excluding carboxylic acids is 6. The van der Waals surface area contributed by atoms with Crippen molar-refractivity contribution < 1.29 is 44.1 Å². The molecule has 0 bridgehead atoms. The first kappa shape index (κ1) is 72.9. The van der Waals surface area contributed by atoms with E-state index in [2.05, 4.69) is 64.0 Å². The number of ketones is 3. The summed E-state index contributed by atoms with van der Waals surface area (Å²) in [6.07, 6.45) is 42.0. The van der Waals surface area contributed by atoms with Gasteiger partial charge in [0, 0.05) is 75.6 Å². The summed E-state index contributed by atoms with van der Waals surface area (Å²) in [7, 11) is 0. The summed E-state index contributed by atoms with van der Waals surface area (Å²) in [6.45, 7) is 19.2. The van der Waals surface area contributed by atoms with E-state index in [1.54, 1.807) is 46.5 Å². The zero-order chi connectivity index (χ0) is 73.5. The Morgan fingerprint density at radius 2 is 0.736 bits per heavy atom. The summed E-state index contributed by atoms with van der Waals surface area (Å²) < 4.78 is 3.43. The molecular weight excluding hydrogens is 1390 g/mol. The zero-order valence-electron chi connectivity index (χ0n) is 64.5. The van der Waals surface area contributed by atoms with E-state index in [9.17, 15) is 44.1 Å². The molecule has 18 nitrogen and oxygen atoms in total. The topological polar surface area (TPSA) is 237 Å². The summed E-state index contributed by atoms with van der Waals surface area (Å²) in [5.41, 5.74) is 1.08. The molecule has 4 N–H and O–H groups in total. The Balaban J connectivity index is 0.000000106. The number of nitrogens with one attached hydrogen (secondary N) is 1. The van der Waals surface area contributed by atoms with E-state index in [1.807, 2.05) is 28.5 Å². The monoisotopic (exact) mass is 1520 g/mol. The third-order valence-corrected chi connectivity index (χ3v) is 35.4. The predicted molar refractivity (Wildman–Crippen MR) is 404 cm³/mol. The SMILES string of the molecule is C[C@@]1(O)CC[C@H]2[C@H](CC[C@@H]3[C@@H]2CC[C@@]2(C)[C@H]3[C@@H]3C[C@@H]3[C@@H]2C(=O)CBr)C1.C[C@@]1(O)CC[C@H]2[C@H](CC[C@@H]3[C@@H]2CC[C@@]2(C)[C@H]3[C@@H]3C[C@@H]3[C@@H]2C(=O)Cn2cc(C(=O)N3CCC3)cn2)C1.C[C@@]1(O)CC[C@H]2[C@H](CC[C@@H]3[C@@H]2CC[C@@]2(C)[C@H]3[C@@H]3C[C@@H]3[C@@H]2C(=O)Cn2cc(C(=O)N3CCC3)cn2)C1.O=C(c1cn[nH]c1)N1CCC1. The first-order valence-corrected chi connectivity index (χ1v) is 44.1. The van der Waals surface area contributed by atoms with Crippen molar-refractivity contribution in [1.29, 1.82) is 0 Å². The molecule has 18 aliphatic rings. The van der Waals surface area contributed by atoms with Gasteiger partial charge in [-0.2, -0.15) is 15.3 Å². The number of hydrogen-bond donors (Lipinski definition) is 4. The third-order valence-electron chi connectivity index (χ3n) is 34.8. The molecule has 3 aliphatic heterocycles. The minimum atomic E-state index is -0.462. The van der Waals surface area contributed by atoms with E-state index in [0.29, 0.717) is 99.8 Å². The second-order valence-corrected chi connectivity index (χ2v) is 41.4. The number of halogens is 1. The number of fused-ring (bicyclic) bond motifs is 21. The lowest BCUT2D eigenvalue weighted by molar-refractivity contribution is -0.137. The fourth-order valence-electron chi connectivity index (χ4n) is 30.2. The molecule has 30 atom stereocenters. The fraction of sp³-hybridized carbons (Fsp3) is 0.828. The number of Topliss-reactive ketones (excluding diaryl/α,β-unsaturated/α-hetero) is 3. The van der Waals surface area contributed by atoms with Gasteiger partial charge >= 0.3 is 0 Å². The van der Waals surface area contributed by atoms with Crippen LogP contribution in [0, 0.1) is 158 Å². The van der Waals surface area contributed by atoms with Crippen LogP contribution in [0.2, 0.25) is 0 Å². The van der Waals surface area contributed by atoms with Crippen LogP contribution in [0.25, 0.3) is 0 Å². The van der Waals surface area contributed by atoms with E-state index in [1.165, 1.54) is 116 Å². The molecule has 0 aromatic carbocycles. The molecule has 3 amide bonds. The number of rotatable bonds is 11. The summed E-state index contributed by atoms with van der Waals surface area (Å²) in [5, 5.41) is 47.6. The van der Waals surface area contributed by atoms with Crippen LogP contribution in [-0.2, 0) is 27.5 Å². The maximum absolute atomic E-state index is 13.8. The lowest BCUT2D eigenvalue weighted by Crippen LogP contribution is -2.52. The normalized spacial score (nSPS) is 47.2. The highest BCUT2D eigenvalue weighted by Gasteiger charge is 2.74. The Kier molecular flexibility index (Phi) is 18.6. The fourth-order valence-corrected chi connectivity index (χ4v) is 30.5. The average Bonchev–Trinajstić information content (AvgIpc) is 1.53. The molecule has 0 unspecified atom stereocenters. The van der Waals surface area contributed by atoms with Gasteiger partial charge in [0.2, 0.25) is 0 Å². The lowest BCUT2D eigenvalue weighted by atomic mass is 9.48. The number of H-pyrrole nitrogens is 1. The molecule has 106 heavy (non-hydrogen) atoms. The van der Waals surface area contributed by atoms with Gasteiger partial charge in [0.05, 0.1) is 70.5 Å². The van der Waals surface area contributed by atoms with Gasteiger partial charge in [-0.05, 0) is 335 Å². The number of aliphatic hydroxyl groups is 3. The van der Waals surface area contributed by atoms with Crippen LogP contribution in [0.3, 0.4) is 0 Å². The van der Waals surface area contributed by atoms with Gasteiger partial charge in [-0.3, -0.25) is 43.2 Å². The van der Waals surface area contributed by atoms with Gasteiger partial charge < -0.3 is 30.0 Å². The van der Waals surface area contributed by atoms with Gasteiger partial charge in [-0.15, -0.1) is 0 Å². The molecule has 0 radical (unpaired) electrons. The highest BCUT2D eigenvalue weighted by Crippen LogP contribution is 2.78. The standard InChI is InChI=1S/2C29H41N3O3.C22H33BrO2.C7H9N3O/c2*1-28(35)8-6-19-17(13-28)4-5-21-20(19)7-9-29(2)25(21)22-12-23(22)26(29)24(33)16-32-15-18(14-30-32)27(34)31-10-3-11-31;1-21(25)7-5-13-12(10-21)3-4-15-14(13)6-8-22(2)19(15)16-9-17(16)20(22)18(24)11-23;11-7(10-2-1-3-10)6-4-8-9-5-6/h2*14-15,17,19-23,25-26,35H,3-13,16H2,1-2H3;12-17,19-20,25H,3-11H2,1-2H3;4-5H,1-3H2,(H,8,9)/t2*17-,19+,20-,21-,22-,23+,25-,26-,28-,29+;12-,13+,14-,15-,16-,17+,19-,20-,21-,22+;/m111./s1. The predicted octanol–water partition coefficient (Wildman–Crippen LogP) is 13.4. The molecule has 15 saturated carbocycles. The van der Waals surface area contributed by atoms with E-state index in [0.717, 1.165) is 180 Å². The van der Waals surface area contributed by atoms with Crippen LogP contribution in [0.4, 0.5) is 0 Å². The van der Waals surface area contributed by atoms with Gasteiger partial charge in [0.25, 0.3) is 17.7 Å². The number of aromatic nitrogens is 6. The van der Waals surface area contributed by atoms with Crippen LogP contribution in [0.15, 0.2) is 37.2 Å². The Labute approximate surface area is 637 Å². The van der Waals surface area contributed by atoms with Crippen LogP contribution in [-0.4, -0.2) is 156 Å². The molecule has 18 fully saturated rings. The van der Waals surface area contributed by atoms with Crippen molar-refractivity contribution in [2.24, 2.45) is 158 Å². The number of aromatic amines is 1. The number of alkyl halides is 1. The van der Waals surface area contributed by atoms with Crippen molar-refractivity contribution >= 4 is 51.0 Å². The van der Waals surface area contributed by atoms with E-state index in [4.69, 9.17) is 0 Å². The molecular formula is C87H124BrN9O9. The second kappa shape index (κ2) is 27.1. The molecule has 6 heterocycles. The molecule has 15 aliphatic carbocycles. The van der Waals surface area contributed by atoms with Crippen LogP contribution in [0.5, 0.6) is 0 Å². The van der Waals surface area contributed by atoms with E-state index >= 15 is 0 Å². The minimum absolute atomic E-state index is 0.0447. The third kappa shape index (κ3) is 12.6. The van der Waals surface area contributed by atoms with Crippen molar-refractivity contribution in [2.45, 2.75) is 245 Å². The van der Waals surface area contributed by atoms with E-state index in [-0.39, 0.29) is 45.8 Å². The Hall–Kier alpha value is -4.59. The molecule has 3 aromatic heterocycles. The van der Waals surface area contributed by atoms with Crippen molar-refractivity contribution in [3.05, 3.63) is 53.9 Å². The first-order valence-electron chi connectivity index (χ1n) is 43.0. The maximum Gasteiger partial charge on any atom is 0.257 e. The van der Waals surface area contributed by atoms with E-state index < -0.39 is 16.8 Å². The number of amides is 3. The molecule has 0 spiro atoms. The molecule has 578 valence electrons. The van der Waals surface area contributed by atoms with Crippen molar-refractivity contribution in [3.63, 3.8) is 0 Å². The number of carbonyl (C=O) groups is 6. The largest absolute Gasteiger partial charge is 0.390 e. The molecule has 21 rings (SSSR count). The molecule has 3 aromatic rings. The van der Waals surface area contributed by atoms with Crippen LogP contribution in [0.1, 0.15) is 246 Å². The minimum Gasteiger partial charge on any atom is -0.390 e. The lowest BCUT2D eigenvalue weighted by Gasteiger charge is -2.57. The van der Waals surface area contributed by atoms with Crippen LogP contribution >= 0.6 is 15.9 Å². The molecule has 3 saturated heterocycles. The second-order valence-electron chi connectivity index (χ2n) is 40.9. The van der Waals surface area contributed by atoms with Gasteiger partial charge in [-0.1, -0.05) is 36.7 Å².